The van der Waals surface area contributed by atoms with Crippen LogP contribution in [0.1, 0.15) is 65.4 Å². The van der Waals surface area contributed by atoms with E-state index < -0.39 is 11.0 Å². The van der Waals surface area contributed by atoms with Crippen LogP contribution in [0.5, 0.6) is 0 Å². The number of hydrogen-bond acceptors (Lipinski definition) is 4. The third-order valence-corrected chi connectivity index (χ3v) is 10.4. The van der Waals surface area contributed by atoms with Gasteiger partial charge in [-0.25, -0.2) is 0 Å². The van der Waals surface area contributed by atoms with Crippen LogP contribution < -0.4 is 0 Å². The van der Waals surface area contributed by atoms with Gasteiger partial charge < -0.3 is 4.74 Å². The zero-order valence-corrected chi connectivity index (χ0v) is 21.9. The summed E-state index contributed by atoms with van der Waals surface area (Å²) in [6.07, 6.45) is 10.6. The van der Waals surface area contributed by atoms with Gasteiger partial charge >= 0.3 is 5.97 Å². The van der Waals surface area contributed by atoms with Gasteiger partial charge in [0.1, 0.15) is 0 Å². The molecule has 2 saturated carbocycles. The van der Waals surface area contributed by atoms with Crippen molar-refractivity contribution in [1.29, 1.82) is 0 Å². The number of ketones is 2. The number of Topliss-reactive ketones (excluding diaryl/α,β-unsaturated/α-hetero) is 1. The summed E-state index contributed by atoms with van der Waals surface area (Å²) >= 11 is 5.99. The Bertz CT molecular complexity index is 1130. The fourth-order valence-corrected chi connectivity index (χ4v) is 8.48. The van der Waals surface area contributed by atoms with Crippen LogP contribution in [0.4, 0.5) is 0 Å². The van der Waals surface area contributed by atoms with Crippen LogP contribution in [0, 0.1) is 34.5 Å². The van der Waals surface area contributed by atoms with Gasteiger partial charge in [-0.05, 0) is 85.1 Å². The molecular weight excluding hydrogens is 460 g/mol. The summed E-state index contributed by atoms with van der Waals surface area (Å²) in [6, 6.07) is 7.18. The van der Waals surface area contributed by atoms with E-state index in [1.807, 2.05) is 18.2 Å². The second-order valence-corrected chi connectivity index (χ2v) is 12.2. The Labute approximate surface area is 213 Å². The third-order valence-electron chi connectivity index (χ3n) is 10.1. The highest BCUT2D eigenvalue weighted by Crippen LogP contribution is 2.68. The Hall–Kier alpha value is -2.20. The van der Waals surface area contributed by atoms with Crippen LogP contribution in [0.3, 0.4) is 0 Å². The van der Waals surface area contributed by atoms with E-state index in [0.717, 1.165) is 36.8 Å². The molecule has 0 radical (unpaired) electrons. The zero-order chi connectivity index (χ0) is 25.2. The lowest BCUT2D eigenvalue weighted by Crippen LogP contribution is -2.60. The quantitative estimate of drug-likeness (QED) is 0.460. The number of rotatable bonds is 4. The predicted molar refractivity (Wildman–Crippen MR) is 136 cm³/mol. The maximum absolute atomic E-state index is 13.4. The molecule has 0 aromatic heterocycles. The van der Waals surface area contributed by atoms with Gasteiger partial charge in [-0.15, -0.1) is 0 Å². The highest BCUT2D eigenvalue weighted by Gasteiger charge is 2.70. The number of esters is 1. The van der Waals surface area contributed by atoms with E-state index in [-0.39, 0.29) is 41.2 Å². The van der Waals surface area contributed by atoms with Crippen molar-refractivity contribution in [3.05, 3.63) is 58.7 Å². The van der Waals surface area contributed by atoms with E-state index in [0.29, 0.717) is 23.3 Å². The van der Waals surface area contributed by atoms with Crippen LogP contribution >= 0.6 is 11.6 Å². The topological polar surface area (TPSA) is 60.4 Å². The summed E-state index contributed by atoms with van der Waals surface area (Å²) in [5, 5.41) is 0.619. The van der Waals surface area contributed by atoms with Gasteiger partial charge in [0.25, 0.3) is 0 Å². The second-order valence-electron chi connectivity index (χ2n) is 11.8. The minimum Gasteiger partial charge on any atom is -0.450 e. The number of fused-ring (bicyclic) bond motifs is 5. The lowest BCUT2D eigenvalue weighted by atomic mass is 9.48. The largest absolute Gasteiger partial charge is 0.450 e. The second kappa shape index (κ2) is 8.44. The maximum Gasteiger partial charge on any atom is 0.311 e. The Morgan fingerprint density at radius 1 is 1.11 bits per heavy atom. The summed E-state index contributed by atoms with van der Waals surface area (Å²) in [4.78, 5) is 38.7. The molecule has 0 saturated heterocycles. The van der Waals surface area contributed by atoms with Gasteiger partial charge in [-0.3, -0.25) is 14.4 Å². The van der Waals surface area contributed by atoms with Gasteiger partial charge in [0.15, 0.2) is 17.2 Å². The number of carbonyl (C=O) groups is 3. The summed E-state index contributed by atoms with van der Waals surface area (Å²) in [7, 11) is 0. The molecule has 2 fully saturated rings. The number of halogens is 1. The molecule has 0 unspecified atom stereocenters. The van der Waals surface area contributed by atoms with Gasteiger partial charge in [0, 0.05) is 22.8 Å². The highest BCUT2D eigenvalue weighted by molar-refractivity contribution is 6.30. The maximum atomic E-state index is 13.4. The first-order valence-electron chi connectivity index (χ1n) is 12.9. The molecule has 1 aromatic rings. The number of benzene rings is 1. The van der Waals surface area contributed by atoms with Crippen molar-refractivity contribution in [2.24, 2.45) is 34.5 Å². The van der Waals surface area contributed by atoms with E-state index >= 15 is 0 Å². The summed E-state index contributed by atoms with van der Waals surface area (Å²) in [5.74, 6) is 0.740. The minimum atomic E-state index is -1.13. The molecule has 0 N–H and O–H groups in total. The average Bonchev–Trinajstić information content (AvgIpc) is 3.03. The zero-order valence-electron chi connectivity index (χ0n) is 21.1. The van der Waals surface area contributed by atoms with Crippen molar-refractivity contribution in [1.82, 2.24) is 0 Å². The number of allylic oxidation sites excluding steroid dienone is 4. The molecule has 186 valence electrons. The third kappa shape index (κ3) is 3.58. The Kier molecular flexibility index (Phi) is 5.90. The van der Waals surface area contributed by atoms with E-state index in [4.69, 9.17) is 16.3 Å². The van der Waals surface area contributed by atoms with Crippen molar-refractivity contribution >= 4 is 29.1 Å². The molecule has 4 aliphatic rings. The smallest absolute Gasteiger partial charge is 0.311 e. The summed E-state index contributed by atoms with van der Waals surface area (Å²) < 4.78 is 6.30. The fraction of sp³-hybridized carbons (Fsp3) is 0.567. The molecule has 4 nitrogen and oxygen atoms in total. The number of hydrogen-bond donors (Lipinski definition) is 0. The van der Waals surface area contributed by atoms with E-state index in [9.17, 15) is 14.4 Å². The van der Waals surface area contributed by atoms with Gasteiger partial charge in [-0.1, -0.05) is 56.7 Å². The fourth-order valence-electron chi connectivity index (χ4n) is 8.35. The summed E-state index contributed by atoms with van der Waals surface area (Å²) in [5.41, 5.74) is 0.423. The first kappa shape index (κ1) is 24.5. The standard InChI is InChI=1S/C30H35ClO4/c1-18-15-26-24-10-7-21-17-23(33)11-13-28(21,3)25(24)12-14-29(26,4)30(18,19(2)32)35-27(34)16-20-5-8-22(31)9-6-20/h5-10,17-18,24-26H,11-16H2,1-4H3/t18-,24+,25-,26-,28-,29-,30-/m0/s1. The van der Waals surface area contributed by atoms with Gasteiger partial charge in [0.05, 0.1) is 6.42 Å². The van der Waals surface area contributed by atoms with Gasteiger partial charge in [0.2, 0.25) is 0 Å². The van der Waals surface area contributed by atoms with E-state index in [2.05, 4.69) is 32.9 Å². The molecule has 0 aliphatic heterocycles. The Morgan fingerprint density at radius 2 is 1.83 bits per heavy atom. The predicted octanol–water partition coefficient (Wildman–Crippen LogP) is 6.31. The highest BCUT2D eigenvalue weighted by atomic mass is 35.5. The normalized spacial score (nSPS) is 39.8. The molecule has 4 aliphatic carbocycles. The molecule has 7 atom stereocenters. The molecule has 0 amide bonds. The molecule has 1 aromatic carbocycles. The van der Waals surface area contributed by atoms with Crippen LogP contribution in [-0.2, 0) is 25.5 Å². The molecule has 0 spiro atoms. The average molecular weight is 495 g/mol. The molecule has 0 bridgehead atoms. The first-order chi connectivity index (χ1) is 16.5. The van der Waals surface area contributed by atoms with Crippen molar-refractivity contribution in [3.8, 4) is 0 Å². The van der Waals surface area contributed by atoms with Crippen LogP contribution in [-0.4, -0.2) is 23.1 Å². The Balaban J connectivity index is 1.47. The Morgan fingerprint density at radius 3 is 2.51 bits per heavy atom. The molecule has 5 rings (SSSR count). The van der Waals surface area contributed by atoms with Crippen LogP contribution in [0.25, 0.3) is 0 Å². The number of carbonyl (C=O) groups excluding carboxylic acids is 3. The van der Waals surface area contributed by atoms with E-state index in [1.165, 1.54) is 0 Å². The van der Waals surface area contributed by atoms with E-state index in [1.54, 1.807) is 19.1 Å². The molecule has 35 heavy (non-hydrogen) atoms. The molecule has 5 heteroatoms. The van der Waals surface area contributed by atoms with Crippen LogP contribution in [0.2, 0.25) is 5.02 Å². The number of ether oxygens (including phenoxy) is 1. The molecule has 0 heterocycles. The monoisotopic (exact) mass is 494 g/mol. The van der Waals surface area contributed by atoms with Crippen LogP contribution in [0.15, 0.2) is 48.1 Å². The lowest BCUT2D eigenvalue weighted by molar-refractivity contribution is -0.192. The van der Waals surface area contributed by atoms with Crippen molar-refractivity contribution in [2.45, 2.75) is 71.8 Å². The van der Waals surface area contributed by atoms with Crippen molar-refractivity contribution < 1.29 is 19.1 Å². The van der Waals surface area contributed by atoms with Crippen molar-refractivity contribution in [3.63, 3.8) is 0 Å². The SMILES string of the molecule is CC(=O)[C@@]1(OC(=O)Cc2ccc(Cl)cc2)[C@@H](C)C[C@H]2[C@@H]3C=CC4=CC(=O)CC[C@]4(C)[C@H]3CC[C@@]21C. The van der Waals surface area contributed by atoms with Crippen molar-refractivity contribution in [2.75, 3.05) is 0 Å². The van der Waals surface area contributed by atoms with Gasteiger partial charge in [-0.2, -0.15) is 0 Å². The first-order valence-corrected chi connectivity index (χ1v) is 13.3. The molecular formula is C30H35ClO4. The minimum absolute atomic E-state index is 0.00930. The lowest BCUT2D eigenvalue weighted by Gasteiger charge is -2.57. The summed E-state index contributed by atoms with van der Waals surface area (Å²) in [6.45, 7) is 8.17.